The third kappa shape index (κ3) is 5.75. The monoisotopic (exact) mass is 253 g/mol. The minimum absolute atomic E-state index is 0.0346. The number of carbonyl (C=O) groups is 1. The Balaban J connectivity index is 2.21. The van der Waals surface area contributed by atoms with Gasteiger partial charge in [0.25, 0.3) is 5.91 Å². The molecule has 94 valence electrons. The summed E-state index contributed by atoms with van der Waals surface area (Å²) in [6.45, 7) is 1.50. The molecule has 0 saturated heterocycles. The standard InChI is InChI=1S/C13H19NO2S/c1-16-9-4-2-3-8-14-13(15)11-6-5-7-12(17)10-11/h5-7,10,17H,2-4,8-9H2,1H3,(H,14,15). The van der Waals surface area contributed by atoms with Gasteiger partial charge < -0.3 is 10.1 Å². The molecule has 0 heterocycles. The average Bonchev–Trinajstić information content (AvgIpc) is 2.33. The molecule has 0 saturated carbocycles. The van der Waals surface area contributed by atoms with Crippen molar-refractivity contribution < 1.29 is 9.53 Å². The zero-order chi connectivity index (χ0) is 12.5. The van der Waals surface area contributed by atoms with Crippen LogP contribution in [0.2, 0.25) is 0 Å². The molecule has 3 nitrogen and oxygen atoms in total. The van der Waals surface area contributed by atoms with E-state index in [1.165, 1.54) is 0 Å². The van der Waals surface area contributed by atoms with Crippen LogP contribution in [0.15, 0.2) is 29.2 Å². The molecule has 0 atom stereocenters. The van der Waals surface area contributed by atoms with E-state index in [0.717, 1.165) is 30.8 Å². The molecule has 0 fully saturated rings. The second kappa shape index (κ2) is 8.14. The van der Waals surface area contributed by atoms with Crippen LogP contribution in [0.5, 0.6) is 0 Å². The fraction of sp³-hybridized carbons (Fsp3) is 0.462. The van der Waals surface area contributed by atoms with Crippen LogP contribution < -0.4 is 5.32 Å². The minimum atomic E-state index is -0.0346. The lowest BCUT2D eigenvalue weighted by atomic mass is 10.2. The number of hydrogen-bond donors (Lipinski definition) is 2. The Bertz CT molecular complexity index is 355. The minimum Gasteiger partial charge on any atom is -0.385 e. The molecule has 1 amide bonds. The quantitative estimate of drug-likeness (QED) is 0.579. The molecule has 0 aliphatic heterocycles. The van der Waals surface area contributed by atoms with Crippen molar-refractivity contribution in [2.75, 3.05) is 20.3 Å². The first-order chi connectivity index (χ1) is 8.24. The van der Waals surface area contributed by atoms with E-state index in [4.69, 9.17) is 4.74 Å². The van der Waals surface area contributed by atoms with Crippen LogP contribution in [0, 0.1) is 0 Å². The summed E-state index contributed by atoms with van der Waals surface area (Å²) in [7, 11) is 1.70. The van der Waals surface area contributed by atoms with Crippen LogP contribution in [0.4, 0.5) is 0 Å². The van der Waals surface area contributed by atoms with E-state index in [1.54, 1.807) is 19.2 Å². The summed E-state index contributed by atoms with van der Waals surface area (Å²) in [4.78, 5) is 12.5. The van der Waals surface area contributed by atoms with Crippen LogP contribution in [-0.4, -0.2) is 26.2 Å². The van der Waals surface area contributed by atoms with Crippen molar-refractivity contribution in [1.82, 2.24) is 5.32 Å². The summed E-state index contributed by atoms with van der Waals surface area (Å²) in [6, 6.07) is 7.24. The lowest BCUT2D eigenvalue weighted by Gasteiger charge is -2.05. The molecule has 1 rings (SSSR count). The lowest BCUT2D eigenvalue weighted by Crippen LogP contribution is -2.24. The van der Waals surface area contributed by atoms with Crippen molar-refractivity contribution in [3.63, 3.8) is 0 Å². The lowest BCUT2D eigenvalue weighted by molar-refractivity contribution is 0.0952. The van der Waals surface area contributed by atoms with Gasteiger partial charge in [0.1, 0.15) is 0 Å². The Labute approximate surface area is 108 Å². The van der Waals surface area contributed by atoms with Crippen molar-refractivity contribution >= 4 is 18.5 Å². The van der Waals surface area contributed by atoms with Crippen LogP contribution >= 0.6 is 12.6 Å². The van der Waals surface area contributed by atoms with Crippen LogP contribution in [0.3, 0.4) is 0 Å². The maximum atomic E-state index is 11.7. The molecular formula is C13H19NO2S. The molecule has 17 heavy (non-hydrogen) atoms. The Morgan fingerprint density at radius 1 is 1.35 bits per heavy atom. The Morgan fingerprint density at radius 3 is 2.88 bits per heavy atom. The number of rotatable bonds is 7. The van der Waals surface area contributed by atoms with Gasteiger partial charge in [0.2, 0.25) is 0 Å². The number of carbonyl (C=O) groups excluding carboxylic acids is 1. The highest BCUT2D eigenvalue weighted by Crippen LogP contribution is 2.08. The van der Waals surface area contributed by atoms with E-state index in [1.807, 2.05) is 12.1 Å². The van der Waals surface area contributed by atoms with Crippen LogP contribution in [0.1, 0.15) is 29.6 Å². The highest BCUT2D eigenvalue weighted by molar-refractivity contribution is 7.80. The van der Waals surface area contributed by atoms with Crippen molar-refractivity contribution in [2.24, 2.45) is 0 Å². The fourth-order valence-electron chi connectivity index (χ4n) is 1.50. The highest BCUT2D eigenvalue weighted by Gasteiger charge is 2.03. The summed E-state index contributed by atoms with van der Waals surface area (Å²) in [6.07, 6.45) is 3.09. The topological polar surface area (TPSA) is 38.3 Å². The number of amides is 1. The van der Waals surface area contributed by atoms with E-state index >= 15 is 0 Å². The smallest absolute Gasteiger partial charge is 0.251 e. The van der Waals surface area contributed by atoms with Gasteiger partial charge >= 0.3 is 0 Å². The van der Waals surface area contributed by atoms with Gasteiger partial charge in [-0.15, -0.1) is 12.6 Å². The first-order valence-electron chi connectivity index (χ1n) is 5.80. The number of thiol groups is 1. The second-order valence-corrected chi connectivity index (χ2v) is 4.38. The van der Waals surface area contributed by atoms with Crippen molar-refractivity contribution in [3.8, 4) is 0 Å². The number of hydrogen-bond acceptors (Lipinski definition) is 3. The van der Waals surface area contributed by atoms with Gasteiger partial charge in [-0.25, -0.2) is 0 Å². The zero-order valence-corrected chi connectivity index (χ0v) is 11.0. The Kier molecular flexibility index (Phi) is 6.74. The van der Waals surface area contributed by atoms with E-state index in [-0.39, 0.29) is 5.91 Å². The Morgan fingerprint density at radius 2 is 2.18 bits per heavy atom. The number of ether oxygens (including phenoxy) is 1. The molecular weight excluding hydrogens is 234 g/mol. The van der Waals surface area contributed by atoms with Gasteiger partial charge in [-0.05, 0) is 37.5 Å². The Hall–Kier alpha value is -1.00. The molecule has 4 heteroatoms. The molecule has 1 N–H and O–H groups in total. The van der Waals surface area contributed by atoms with Gasteiger partial charge in [0.05, 0.1) is 0 Å². The average molecular weight is 253 g/mol. The second-order valence-electron chi connectivity index (χ2n) is 3.86. The van der Waals surface area contributed by atoms with Gasteiger partial charge in [0.15, 0.2) is 0 Å². The van der Waals surface area contributed by atoms with Crippen molar-refractivity contribution in [3.05, 3.63) is 29.8 Å². The van der Waals surface area contributed by atoms with Crippen LogP contribution in [-0.2, 0) is 4.74 Å². The zero-order valence-electron chi connectivity index (χ0n) is 10.1. The molecule has 0 aliphatic carbocycles. The molecule has 0 unspecified atom stereocenters. The molecule has 0 radical (unpaired) electrons. The van der Waals surface area contributed by atoms with Gasteiger partial charge in [-0.2, -0.15) is 0 Å². The van der Waals surface area contributed by atoms with E-state index in [2.05, 4.69) is 17.9 Å². The van der Waals surface area contributed by atoms with Crippen molar-refractivity contribution in [1.29, 1.82) is 0 Å². The number of methoxy groups -OCH3 is 1. The molecule has 0 spiro atoms. The van der Waals surface area contributed by atoms with Crippen molar-refractivity contribution in [2.45, 2.75) is 24.2 Å². The van der Waals surface area contributed by atoms with Gasteiger partial charge in [-0.3, -0.25) is 4.79 Å². The summed E-state index contributed by atoms with van der Waals surface area (Å²) < 4.78 is 4.96. The molecule has 0 aromatic heterocycles. The van der Waals surface area contributed by atoms with E-state index < -0.39 is 0 Å². The maximum absolute atomic E-state index is 11.7. The predicted molar refractivity (Wildman–Crippen MR) is 71.8 cm³/mol. The van der Waals surface area contributed by atoms with E-state index in [0.29, 0.717) is 12.1 Å². The molecule has 1 aromatic carbocycles. The normalized spacial score (nSPS) is 10.2. The first kappa shape index (κ1) is 14.1. The van der Waals surface area contributed by atoms with Gasteiger partial charge in [-0.1, -0.05) is 6.07 Å². The molecule has 0 aliphatic rings. The molecule has 0 bridgehead atoms. The summed E-state index contributed by atoms with van der Waals surface area (Å²) in [5, 5.41) is 2.89. The van der Waals surface area contributed by atoms with E-state index in [9.17, 15) is 4.79 Å². The maximum Gasteiger partial charge on any atom is 0.251 e. The van der Waals surface area contributed by atoms with Crippen LogP contribution in [0.25, 0.3) is 0 Å². The SMILES string of the molecule is COCCCCCNC(=O)c1cccc(S)c1. The third-order valence-corrected chi connectivity index (χ3v) is 2.70. The van der Waals surface area contributed by atoms with Gasteiger partial charge in [0, 0.05) is 30.7 Å². The summed E-state index contributed by atoms with van der Waals surface area (Å²) >= 11 is 4.20. The summed E-state index contributed by atoms with van der Waals surface area (Å²) in [5.41, 5.74) is 0.661. The molecule has 1 aromatic rings. The first-order valence-corrected chi connectivity index (χ1v) is 6.25. The summed E-state index contributed by atoms with van der Waals surface area (Å²) in [5.74, 6) is -0.0346. The third-order valence-electron chi connectivity index (χ3n) is 2.42. The largest absolute Gasteiger partial charge is 0.385 e. The predicted octanol–water partition coefficient (Wildman–Crippen LogP) is 2.52. The number of benzene rings is 1. The number of nitrogens with one attached hydrogen (secondary N) is 1. The highest BCUT2D eigenvalue weighted by atomic mass is 32.1. The number of unbranched alkanes of at least 4 members (excludes halogenated alkanes) is 2. The fourth-order valence-corrected chi connectivity index (χ4v) is 1.72.